The van der Waals surface area contributed by atoms with E-state index in [4.69, 9.17) is 5.73 Å². The van der Waals surface area contributed by atoms with E-state index in [0.29, 0.717) is 18.9 Å². The highest BCUT2D eigenvalue weighted by Crippen LogP contribution is 2.25. The van der Waals surface area contributed by atoms with Gasteiger partial charge in [0.25, 0.3) is 0 Å². The molecule has 2 aromatic rings. The number of nitrogens with two attached hydrogens (primary N) is 1. The van der Waals surface area contributed by atoms with E-state index in [-0.39, 0.29) is 5.91 Å². The SMILES string of the molecule is NC(=NCc1cccc(N2CCCC2=O)c1)Nc1ccc2c(c1)CCC2. The van der Waals surface area contributed by atoms with Crippen LogP contribution in [-0.2, 0) is 24.2 Å². The molecule has 0 unspecified atom stereocenters. The van der Waals surface area contributed by atoms with Crippen molar-refractivity contribution in [2.24, 2.45) is 10.7 Å². The van der Waals surface area contributed by atoms with E-state index in [1.807, 2.05) is 29.2 Å². The molecule has 26 heavy (non-hydrogen) atoms. The third-order valence-electron chi connectivity index (χ3n) is 5.10. The Morgan fingerprint density at radius 3 is 2.81 bits per heavy atom. The van der Waals surface area contributed by atoms with Gasteiger partial charge in [0.1, 0.15) is 0 Å². The smallest absolute Gasteiger partial charge is 0.227 e. The van der Waals surface area contributed by atoms with Crippen LogP contribution in [0.5, 0.6) is 0 Å². The Balaban J connectivity index is 1.41. The van der Waals surface area contributed by atoms with Crippen LogP contribution < -0.4 is 16.0 Å². The second-order valence-electron chi connectivity index (χ2n) is 6.98. The molecule has 0 saturated carbocycles. The Morgan fingerprint density at radius 1 is 1.08 bits per heavy atom. The molecule has 5 nitrogen and oxygen atoms in total. The zero-order chi connectivity index (χ0) is 17.9. The van der Waals surface area contributed by atoms with Crippen molar-refractivity contribution in [3.8, 4) is 0 Å². The van der Waals surface area contributed by atoms with Gasteiger partial charge in [0.15, 0.2) is 5.96 Å². The van der Waals surface area contributed by atoms with E-state index in [0.717, 1.165) is 36.3 Å². The minimum Gasteiger partial charge on any atom is -0.370 e. The number of amides is 1. The Labute approximate surface area is 153 Å². The highest BCUT2D eigenvalue weighted by molar-refractivity contribution is 5.95. The van der Waals surface area contributed by atoms with Gasteiger partial charge in [-0.05, 0) is 66.6 Å². The first kappa shape index (κ1) is 16.6. The van der Waals surface area contributed by atoms with Gasteiger partial charge in [-0.3, -0.25) is 4.79 Å². The number of carbonyl (C=O) groups excluding carboxylic acids is 1. The summed E-state index contributed by atoms with van der Waals surface area (Å²) in [6.45, 7) is 1.28. The van der Waals surface area contributed by atoms with E-state index in [2.05, 4.69) is 28.5 Å². The summed E-state index contributed by atoms with van der Waals surface area (Å²) >= 11 is 0. The van der Waals surface area contributed by atoms with Gasteiger partial charge >= 0.3 is 0 Å². The number of nitrogens with zero attached hydrogens (tertiary/aromatic N) is 2. The lowest BCUT2D eigenvalue weighted by atomic mass is 10.1. The highest BCUT2D eigenvalue weighted by Gasteiger charge is 2.21. The Kier molecular flexibility index (Phi) is 4.61. The first-order valence-corrected chi connectivity index (χ1v) is 9.27. The molecular formula is C21H24N4O. The van der Waals surface area contributed by atoms with Crippen molar-refractivity contribution in [2.45, 2.75) is 38.6 Å². The molecule has 0 radical (unpaired) electrons. The molecule has 1 amide bonds. The first-order chi connectivity index (χ1) is 12.7. The molecule has 1 fully saturated rings. The zero-order valence-corrected chi connectivity index (χ0v) is 14.9. The number of carbonyl (C=O) groups is 1. The van der Waals surface area contributed by atoms with Crippen molar-refractivity contribution >= 4 is 23.2 Å². The van der Waals surface area contributed by atoms with Crippen molar-refractivity contribution in [2.75, 3.05) is 16.8 Å². The van der Waals surface area contributed by atoms with Gasteiger partial charge in [0, 0.05) is 24.3 Å². The maximum Gasteiger partial charge on any atom is 0.227 e. The maximum atomic E-state index is 11.9. The predicted octanol–water partition coefficient (Wildman–Crippen LogP) is 3.23. The first-order valence-electron chi connectivity index (χ1n) is 9.27. The topological polar surface area (TPSA) is 70.7 Å². The number of anilines is 2. The normalized spacial score (nSPS) is 16.8. The summed E-state index contributed by atoms with van der Waals surface area (Å²) in [7, 11) is 0. The number of hydrogen-bond acceptors (Lipinski definition) is 2. The monoisotopic (exact) mass is 348 g/mol. The van der Waals surface area contributed by atoms with Crippen molar-refractivity contribution in [1.82, 2.24) is 0 Å². The summed E-state index contributed by atoms with van der Waals surface area (Å²) in [5, 5.41) is 3.18. The van der Waals surface area contributed by atoms with Crippen LogP contribution in [0.4, 0.5) is 11.4 Å². The van der Waals surface area contributed by atoms with E-state index in [1.54, 1.807) is 0 Å². The van der Waals surface area contributed by atoms with Gasteiger partial charge in [-0.15, -0.1) is 0 Å². The van der Waals surface area contributed by atoms with Crippen molar-refractivity contribution < 1.29 is 4.79 Å². The molecule has 0 atom stereocenters. The lowest BCUT2D eigenvalue weighted by Gasteiger charge is -2.16. The minimum atomic E-state index is 0.198. The van der Waals surface area contributed by atoms with Gasteiger partial charge in [0.05, 0.1) is 6.54 Å². The molecule has 4 rings (SSSR count). The second kappa shape index (κ2) is 7.20. The van der Waals surface area contributed by atoms with Crippen molar-refractivity contribution in [3.63, 3.8) is 0 Å². The number of fused-ring (bicyclic) bond motifs is 1. The Bertz CT molecular complexity index is 859. The van der Waals surface area contributed by atoms with Crippen LogP contribution in [0.2, 0.25) is 0 Å². The summed E-state index contributed by atoms with van der Waals surface area (Å²) in [6, 6.07) is 14.4. The van der Waals surface area contributed by atoms with E-state index in [9.17, 15) is 4.79 Å². The van der Waals surface area contributed by atoms with E-state index in [1.165, 1.54) is 24.0 Å². The van der Waals surface area contributed by atoms with Gasteiger partial charge < -0.3 is 16.0 Å². The van der Waals surface area contributed by atoms with Crippen LogP contribution in [0.25, 0.3) is 0 Å². The van der Waals surface area contributed by atoms with Crippen molar-refractivity contribution in [1.29, 1.82) is 0 Å². The number of guanidine groups is 1. The molecule has 0 spiro atoms. The fourth-order valence-electron chi connectivity index (χ4n) is 3.76. The average molecular weight is 348 g/mol. The molecular weight excluding hydrogens is 324 g/mol. The number of aryl methyl sites for hydroxylation is 2. The predicted molar refractivity (Wildman–Crippen MR) is 105 cm³/mol. The number of nitrogens with one attached hydrogen (secondary N) is 1. The molecule has 1 aliphatic heterocycles. The molecule has 134 valence electrons. The Hall–Kier alpha value is -2.82. The van der Waals surface area contributed by atoms with Crippen LogP contribution in [-0.4, -0.2) is 18.4 Å². The number of benzene rings is 2. The van der Waals surface area contributed by atoms with Crippen LogP contribution in [0.15, 0.2) is 47.5 Å². The van der Waals surface area contributed by atoms with Gasteiger partial charge in [-0.25, -0.2) is 4.99 Å². The molecule has 2 aromatic carbocycles. The van der Waals surface area contributed by atoms with Gasteiger partial charge in [0.2, 0.25) is 5.91 Å². The summed E-state index contributed by atoms with van der Waals surface area (Å²) in [5.74, 6) is 0.606. The fraction of sp³-hybridized carbons (Fsp3) is 0.333. The number of aliphatic imine (C=N–C) groups is 1. The number of hydrogen-bond donors (Lipinski definition) is 2. The lowest BCUT2D eigenvalue weighted by Crippen LogP contribution is -2.24. The minimum absolute atomic E-state index is 0.198. The van der Waals surface area contributed by atoms with E-state index >= 15 is 0 Å². The molecule has 0 aromatic heterocycles. The third-order valence-corrected chi connectivity index (χ3v) is 5.10. The van der Waals surface area contributed by atoms with Crippen LogP contribution >= 0.6 is 0 Å². The molecule has 2 aliphatic rings. The zero-order valence-electron chi connectivity index (χ0n) is 14.9. The lowest BCUT2D eigenvalue weighted by molar-refractivity contribution is -0.117. The Morgan fingerprint density at radius 2 is 1.96 bits per heavy atom. The highest BCUT2D eigenvalue weighted by atomic mass is 16.2. The van der Waals surface area contributed by atoms with Crippen LogP contribution in [0.1, 0.15) is 36.0 Å². The largest absolute Gasteiger partial charge is 0.370 e. The quantitative estimate of drug-likeness (QED) is 0.658. The van der Waals surface area contributed by atoms with Crippen LogP contribution in [0.3, 0.4) is 0 Å². The van der Waals surface area contributed by atoms with Crippen molar-refractivity contribution in [3.05, 3.63) is 59.2 Å². The molecule has 5 heteroatoms. The summed E-state index contributed by atoms with van der Waals surface area (Å²) < 4.78 is 0. The van der Waals surface area contributed by atoms with Crippen LogP contribution in [0, 0.1) is 0 Å². The molecule has 0 bridgehead atoms. The molecule has 1 aliphatic carbocycles. The maximum absolute atomic E-state index is 11.9. The van der Waals surface area contributed by atoms with E-state index < -0.39 is 0 Å². The third kappa shape index (κ3) is 3.57. The molecule has 1 saturated heterocycles. The summed E-state index contributed by atoms with van der Waals surface area (Å²) in [6.07, 6.45) is 5.12. The van der Waals surface area contributed by atoms with Gasteiger partial charge in [-0.2, -0.15) is 0 Å². The fourth-order valence-corrected chi connectivity index (χ4v) is 3.76. The number of rotatable bonds is 4. The second-order valence-corrected chi connectivity index (χ2v) is 6.98. The summed E-state index contributed by atoms with van der Waals surface area (Å²) in [4.78, 5) is 18.2. The standard InChI is InChI=1S/C21H24N4O/c22-21(24-18-10-9-16-5-2-6-17(16)13-18)23-14-15-4-1-7-19(12-15)25-11-3-8-20(25)26/h1,4,7,9-10,12-13H,2-3,5-6,8,11,14H2,(H3,22,23,24). The summed E-state index contributed by atoms with van der Waals surface area (Å²) in [5.41, 5.74) is 11.9. The molecule has 1 heterocycles. The van der Waals surface area contributed by atoms with Gasteiger partial charge in [-0.1, -0.05) is 18.2 Å². The molecule has 3 N–H and O–H groups in total. The average Bonchev–Trinajstić information content (AvgIpc) is 3.28.